The highest BCUT2D eigenvalue weighted by molar-refractivity contribution is 5.79. The van der Waals surface area contributed by atoms with E-state index < -0.39 is 0 Å². The van der Waals surface area contributed by atoms with E-state index in [2.05, 4.69) is 101 Å². The van der Waals surface area contributed by atoms with Crippen LogP contribution in [-0.2, 0) is 0 Å². The van der Waals surface area contributed by atoms with E-state index in [1.165, 1.54) is 0 Å². The average molecular weight is 395 g/mol. The molecule has 1 heterocycles. The maximum Gasteiger partial charge on any atom is 0.0716 e. The lowest BCUT2D eigenvalue weighted by Crippen LogP contribution is -1.94. The van der Waals surface area contributed by atoms with E-state index in [1.807, 2.05) is 21.1 Å². The van der Waals surface area contributed by atoms with Gasteiger partial charge in [0.15, 0.2) is 0 Å². The number of hydrogen-bond donors (Lipinski definition) is 3. The summed E-state index contributed by atoms with van der Waals surface area (Å²) in [5, 5.41) is 9.66. The summed E-state index contributed by atoms with van der Waals surface area (Å²) < 4.78 is 0. The number of hydrogen-bond acceptors (Lipinski definition) is 4. The molecule has 0 atom stereocenters. The van der Waals surface area contributed by atoms with Gasteiger partial charge in [-0.05, 0) is 59.7 Å². The third kappa shape index (κ3) is 4.13. The molecular formula is C26H26N4. The van der Waals surface area contributed by atoms with Gasteiger partial charge in [-0.3, -0.25) is 0 Å². The summed E-state index contributed by atoms with van der Waals surface area (Å²) in [5.74, 6) is 0. The highest BCUT2D eigenvalue weighted by Crippen LogP contribution is 2.32. The number of aromatic nitrogens is 1. The normalized spacial score (nSPS) is 10.5. The fourth-order valence-corrected chi connectivity index (χ4v) is 3.52. The lowest BCUT2D eigenvalue weighted by atomic mass is 9.99. The van der Waals surface area contributed by atoms with Gasteiger partial charge in [0.05, 0.1) is 11.4 Å². The summed E-state index contributed by atoms with van der Waals surface area (Å²) >= 11 is 0. The van der Waals surface area contributed by atoms with E-state index in [-0.39, 0.29) is 0 Å². The van der Waals surface area contributed by atoms with Crippen molar-refractivity contribution in [1.82, 2.24) is 4.98 Å². The van der Waals surface area contributed by atoms with E-state index >= 15 is 0 Å². The number of pyridine rings is 1. The van der Waals surface area contributed by atoms with E-state index in [9.17, 15) is 0 Å². The van der Waals surface area contributed by atoms with Crippen LogP contribution < -0.4 is 16.0 Å². The molecule has 150 valence electrons. The fraction of sp³-hybridized carbons (Fsp3) is 0.115. The summed E-state index contributed by atoms with van der Waals surface area (Å²) in [6.45, 7) is 0. The third-order valence-electron chi connectivity index (χ3n) is 5.20. The largest absolute Gasteiger partial charge is 0.388 e. The van der Waals surface area contributed by atoms with Crippen LogP contribution in [0.2, 0.25) is 0 Å². The predicted molar refractivity (Wildman–Crippen MR) is 129 cm³/mol. The van der Waals surface area contributed by atoms with Crippen molar-refractivity contribution in [1.29, 1.82) is 0 Å². The number of nitrogens with zero attached hydrogens (tertiary/aromatic N) is 1. The Balaban J connectivity index is 1.91. The van der Waals surface area contributed by atoms with Crippen LogP contribution in [0.15, 0.2) is 84.9 Å². The lowest BCUT2D eigenvalue weighted by Gasteiger charge is -2.12. The number of anilines is 3. The zero-order chi connectivity index (χ0) is 20.9. The molecule has 3 aromatic carbocycles. The minimum atomic E-state index is 0.948. The summed E-state index contributed by atoms with van der Waals surface area (Å²) in [5.41, 5.74) is 9.57. The van der Waals surface area contributed by atoms with Crippen LogP contribution in [0.1, 0.15) is 0 Å². The van der Waals surface area contributed by atoms with Gasteiger partial charge >= 0.3 is 0 Å². The van der Waals surface area contributed by atoms with Crippen LogP contribution in [-0.4, -0.2) is 26.1 Å². The van der Waals surface area contributed by atoms with E-state index in [0.717, 1.165) is 50.7 Å². The Hall–Kier alpha value is -3.79. The Kier molecular flexibility index (Phi) is 5.66. The van der Waals surface area contributed by atoms with Crippen molar-refractivity contribution >= 4 is 17.1 Å². The molecule has 1 aromatic heterocycles. The molecule has 0 aliphatic carbocycles. The number of benzene rings is 3. The Bertz CT molecular complexity index is 1010. The Labute approximate surface area is 178 Å². The molecular weight excluding hydrogens is 368 g/mol. The molecule has 0 saturated heterocycles. The first-order valence-corrected chi connectivity index (χ1v) is 10.1. The molecule has 0 spiro atoms. The minimum Gasteiger partial charge on any atom is -0.388 e. The van der Waals surface area contributed by atoms with Crippen LogP contribution in [0.5, 0.6) is 0 Å². The molecule has 0 aliphatic rings. The Morgan fingerprint density at radius 2 is 0.867 bits per heavy atom. The van der Waals surface area contributed by atoms with Gasteiger partial charge in [0.25, 0.3) is 0 Å². The fourth-order valence-electron chi connectivity index (χ4n) is 3.52. The van der Waals surface area contributed by atoms with Gasteiger partial charge in [0.1, 0.15) is 0 Å². The average Bonchev–Trinajstić information content (AvgIpc) is 2.83. The molecule has 30 heavy (non-hydrogen) atoms. The number of rotatable bonds is 6. The van der Waals surface area contributed by atoms with Gasteiger partial charge in [-0.25, -0.2) is 4.98 Å². The molecule has 0 amide bonds. The van der Waals surface area contributed by atoms with Crippen LogP contribution in [0.4, 0.5) is 17.1 Å². The SMILES string of the molecule is CNc1cccc(-c2cc(-c3cccc(NC)c3)nc(-c3cccc(NC)c3)c2)c1. The highest BCUT2D eigenvalue weighted by Gasteiger charge is 2.10. The van der Waals surface area contributed by atoms with Crippen molar-refractivity contribution in [2.24, 2.45) is 0 Å². The van der Waals surface area contributed by atoms with Crippen molar-refractivity contribution < 1.29 is 0 Å². The smallest absolute Gasteiger partial charge is 0.0716 e. The molecule has 3 N–H and O–H groups in total. The minimum absolute atomic E-state index is 0.948. The van der Waals surface area contributed by atoms with Crippen molar-refractivity contribution in [2.75, 3.05) is 37.1 Å². The van der Waals surface area contributed by atoms with E-state index in [4.69, 9.17) is 4.98 Å². The summed E-state index contributed by atoms with van der Waals surface area (Å²) in [7, 11) is 5.80. The van der Waals surface area contributed by atoms with Crippen LogP contribution >= 0.6 is 0 Å². The zero-order valence-electron chi connectivity index (χ0n) is 17.5. The first kappa shape index (κ1) is 19.5. The van der Waals surface area contributed by atoms with Gasteiger partial charge in [0.2, 0.25) is 0 Å². The molecule has 0 unspecified atom stereocenters. The second-order valence-corrected chi connectivity index (χ2v) is 7.12. The second kappa shape index (κ2) is 8.70. The number of nitrogens with one attached hydrogen (secondary N) is 3. The molecule has 0 fully saturated rings. The van der Waals surface area contributed by atoms with Gasteiger partial charge in [-0.2, -0.15) is 0 Å². The second-order valence-electron chi connectivity index (χ2n) is 7.12. The molecule has 4 rings (SSSR count). The first-order valence-electron chi connectivity index (χ1n) is 10.1. The van der Waals surface area contributed by atoms with Crippen LogP contribution in [0.3, 0.4) is 0 Å². The van der Waals surface area contributed by atoms with Gasteiger partial charge < -0.3 is 16.0 Å². The highest BCUT2D eigenvalue weighted by atomic mass is 14.8. The molecule has 0 radical (unpaired) electrons. The molecule has 4 aromatic rings. The van der Waals surface area contributed by atoms with Crippen molar-refractivity contribution in [3.63, 3.8) is 0 Å². The van der Waals surface area contributed by atoms with Gasteiger partial charge in [-0.1, -0.05) is 36.4 Å². The van der Waals surface area contributed by atoms with Gasteiger partial charge in [0, 0.05) is 49.3 Å². The molecule has 0 aliphatic heterocycles. The molecule has 4 nitrogen and oxygen atoms in total. The topological polar surface area (TPSA) is 49.0 Å². The van der Waals surface area contributed by atoms with Crippen molar-refractivity contribution in [2.45, 2.75) is 0 Å². The van der Waals surface area contributed by atoms with E-state index in [0.29, 0.717) is 0 Å². The van der Waals surface area contributed by atoms with Crippen LogP contribution in [0, 0.1) is 0 Å². The van der Waals surface area contributed by atoms with Gasteiger partial charge in [-0.15, -0.1) is 0 Å². The summed E-state index contributed by atoms with van der Waals surface area (Å²) in [6.07, 6.45) is 0. The Morgan fingerprint density at radius 1 is 0.467 bits per heavy atom. The van der Waals surface area contributed by atoms with E-state index in [1.54, 1.807) is 0 Å². The summed E-state index contributed by atoms with van der Waals surface area (Å²) in [6, 6.07) is 29.4. The van der Waals surface area contributed by atoms with Crippen LogP contribution in [0.25, 0.3) is 33.6 Å². The lowest BCUT2D eigenvalue weighted by molar-refractivity contribution is 1.32. The van der Waals surface area contributed by atoms with Crippen molar-refractivity contribution in [3.8, 4) is 33.6 Å². The maximum absolute atomic E-state index is 5.02. The molecule has 4 heteroatoms. The summed E-state index contributed by atoms with van der Waals surface area (Å²) in [4.78, 5) is 5.02. The van der Waals surface area contributed by atoms with Crippen molar-refractivity contribution in [3.05, 3.63) is 84.9 Å². The maximum atomic E-state index is 5.02. The molecule has 0 bridgehead atoms. The Morgan fingerprint density at radius 3 is 1.30 bits per heavy atom. The monoisotopic (exact) mass is 394 g/mol. The standard InChI is InChI=1S/C26H26N4/c1-27-22-10-4-7-18(13-22)21-16-25(19-8-5-11-23(14-19)28-2)30-26(17-21)20-9-6-12-24(15-20)29-3/h4-17,27-29H,1-3H3. The quantitative estimate of drug-likeness (QED) is 0.364. The molecule has 0 saturated carbocycles. The predicted octanol–water partition coefficient (Wildman–Crippen LogP) is 6.21. The zero-order valence-corrected chi connectivity index (χ0v) is 17.5. The first-order chi connectivity index (χ1) is 14.7. The third-order valence-corrected chi connectivity index (χ3v) is 5.20.